The zero-order valence-electron chi connectivity index (χ0n) is 12.9. The summed E-state index contributed by atoms with van der Waals surface area (Å²) in [5.74, 6) is -0.0988. The Kier molecular flexibility index (Phi) is 5.29. The molecular weight excluding hydrogens is 292 g/mol. The van der Waals surface area contributed by atoms with E-state index in [4.69, 9.17) is 4.74 Å². The van der Waals surface area contributed by atoms with Gasteiger partial charge in [-0.15, -0.1) is 0 Å². The van der Waals surface area contributed by atoms with Crippen LogP contribution in [0.4, 0.5) is 0 Å². The van der Waals surface area contributed by atoms with Crippen LogP contribution in [0.15, 0.2) is 42.7 Å². The summed E-state index contributed by atoms with van der Waals surface area (Å²) in [6, 6.07) is 9.26. The first-order valence-corrected chi connectivity index (χ1v) is 7.79. The lowest BCUT2D eigenvalue weighted by Crippen LogP contribution is -2.41. The van der Waals surface area contributed by atoms with Gasteiger partial charge in [0.05, 0.1) is 30.2 Å². The molecule has 23 heavy (non-hydrogen) atoms. The Bertz CT molecular complexity index is 625. The highest BCUT2D eigenvalue weighted by Crippen LogP contribution is 2.13. The first-order valence-electron chi connectivity index (χ1n) is 7.79. The molecule has 0 saturated carbocycles. The van der Waals surface area contributed by atoms with Gasteiger partial charge in [-0.2, -0.15) is 0 Å². The van der Waals surface area contributed by atoms with E-state index < -0.39 is 0 Å². The van der Waals surface area contributed by atoms with Gasteiger partial charge in [0.1, 0.15) is 0 Å². The number of nitrogens with one attached hydrogen (secondary N) is 1. The van der Waals surface area contributed by atoms with Gasteiger partial charge in [0.25, 0.3) is 5.91 Å². The summed E-state index contributed by atoms with van der Waals surface area (Å²) in [6.45, 7) is 4.86. The van der Waals surface area contributed by atoms with Crippen LogP contribution in [0, 0.1) is 0 Å². The predicted molar refractivity (Wildman–Crippen MR) is 87.1 cm³/mol. The number of carbonyl (C=O) groups excluding carboxylic acids is 1. The van der Waals surface area contributed by atoms with E-state index in [0.29, 0.717) is 12.1 Å². The third kappa shape index (κ3) is 4.34. The Labute approximate surface area is 135 Å². The molecule has 1 N–H and O–H groups in total. The van der Waals surface area contributed by atoms with Crippen molar-refractivity contribution >= 4 is 5.91 Å². The molecule has 0 bridgehead atoms. The first kappa shape index (κ1) is 15.6. The van der Waals surface area contributed by atoms with Crippen molar-refractivity contribution < 1.29 is 9.53 Å². The Morgan fingerprint density at radius 3 is 2.65 bits per heavy atom. The largest absolute Gasteiger partial charge is 0.379 e. The van der Waals surface area contributed by atoms with Crippen molar-refractivity contribution in [2.75, 3.05) is 39.4 Å². The molecule has 0 radical (unpaired) electrons. The van der Waals surface area contributed by atoms with Crippen LogP contribution in [0.3, 0.4) is 0 Å². The molecule has 6 heteroatoms. The lowest BCUT2D eigenvalue weighted by Gasteiger charge is -2.26. The molecule has 0 unspecified atom stereocenters. The lowest BCUT2D eigenvalue weighted by molar-refractivity contribution is 0.0383. The highest BCUT2D eigenvalue weighted by Gasteiger charge is 2.11. The SMILES string of the molecule is O=C(NCCN1CCOCC1)c1ccc(-c2ccccn2)nc1. The van der Waals surface area contributed by atoms with Crippen molar-refractivity contribution in [3.05, 3.63) is 48.3 Å². The highest BCUT2D eigenvalue weighted by atomic mass is 16.5. The molecule has 3 heterocycles. The van der Waals surface area contributed by atoms with Gasteiger partial charge in [-0.25, -0.2) is 0 Å². The Morgan fingerprint density at radius 2 is 1.96 bits per heavy atom. The van der Waals surface area contributed by atoms with Crippen LogP contribution in [-0.2, 0) is 4.74 Å². The van der Waals surface area contributed by atoms with Crippen LogP contribution in [0.1, 0.15) is 10.4 Å². The Balaban J connectivity index is 1.51. The van der Waals surface area contributed by atoms with Gasteiger partial charge in [-0.3, -0.25) is 19.7 Å². The van der Waals surface area contributed by atoms with Crippen molar-refractivity contribution in [3.63, 3.8) is 0 Å². The third-order valence-corrected chi connectivity index (χ3v) is 3.77. The molecule has 2 aromatic rings. The molecule has 0 atom stereocenters. The summed E-state index contributed by atoms with van der Waals surface area (Å²) >= 11 is 0. The van der Waals surface area contributed by atoms with E-state index in [1.165, 1.54) is 0 Å². The second-order valence-electron chi connectivity index (χ2n) is 5.36. The number of amides is 1. The summed E-state index contributed by atoms with van der Waals surface area (Å²) in [7, 11) is 0. The maximum Gasteiger partial charge on any atom is 0.252 e. The maximum atomic E-state index is 12.1. The molecule has 2 aromatic heterocycles. The monoisotopic (exact) mass is 312 g/mol. The van der Waals surface area contributed by atoms with E-state index >= 15 is 0 Å². The summed E-state index contributed by atoms with van der Waals surface area (Å²) in [5, 5.41) is 2.93. The van der Waals surface area contributed by atoms with Gasteiger partial charge in [0.2, 0.25) is 0 Å². The first-order chi connectivity index (χ1) is 11.3. The third-order valence-electron chi connectivity index (χ3n) is 3.77. The standard InChI is InChI=1S/C17H20N4O2/c22-17(19-7-8-21-9-11-23-12-10-21)14-4-5-16(20-13-14)15-3-1-2-6-18-15/h1-6,13H,7-12H2,(H,19,22). The quantitative estimate of drug-likeness (QED) is 0.899. The zero-order valence-corrected chi connectivity index (χ0v) is 12.9. The predicted octanol–water partition coefficient (Wildman–Crippen LogP) is 1.21. The number of pyridine rings is 2. The van der Waals surface area contributed by atoms with E-state index in [2.05, 4.69) is 20.2 Å². The molecule has 1 aliphatic rings. The van der Waals surface area contributed by atoms with E-state index in [1.807, 2.05) is 24.3 Å². The van der Waals surface area contributed by atoms with Crippen molar-refractivity contribution in [2.24, 2.45) is 0 Å². The molecule has 0 aromatic carbocycles. The van der Waals surface area contributed by atoms with Crippen LogP contribution in [0.5, 0.6) is 0 Å². The van der Waals surface area contributed by atoms with Crippen LogP contribution < -0.4 is 5.32 Å². The minimum absolute atomic E-state index is 0.0988. The second kappa shape index (κ2) is 7.80. The zero-order chi connectivity index (χ0) is 15.9. The van der Waals surface area contributed by atoms with Gasteiger partial charge in [-0.05, 0) is 24.3 Å². The molecule has 6 nitrogen and oxygen atoms in total. The summed E-state index contributed by atoms with van der Waals surface area (Å²) in [4.78, 5) is 23.0. The van der Waals surface area contributed by atoms with Crippen molar-refractivity contribution in [1.29, 1.82) is 0 Å². The van der Waals surface area contributed by atoms with Crippen LogP contribution in [0.2, 0.25) is 0 Å². The van der Waals surface area contributed by atoms with Crippen LogP contribution in [-0.4, -0.2) is 60.2 Å². The van der Waals surface area contributed by atoms with Gasteiger partial charge >= 0.3 is 0 Å². The molecule has 1 aliphatic heterocycles. The topological polar surface area (TPSA) is 67.4 Å². The maximum absolute atomic E-state index is 12.1. The van der Waals surface area contributed by atoms with Crippen molar-refractivity contribution in [2.45, 2.75) is 0 Å². The fourth-order valence-electron chi connectivity index (χ4n) is 2.45. The average Bonchev–Trinajstić information content (AvgIpc) is 2.63. The number of hydrogen-bond acceptors (Lipinski definition) is 5. The molecule has 120 valence electrons. The van der Waals surface area contributed by atoms with Crippen LogP contribution in [0.25, 0.3) is 11.4 Å². The van der Waals surface area contributed by atoms with E-state index in [-0.39, 0.29) is 5.91 Å². The minimum atomic E-state index is -0.0988. The smallest absolute Gasteiger partial charge is 0.252 e. The molecule has 3 rings (SSSR count). The van der Waals surface area contributed by atoms with Gasteiger partial charge in [-0.1, -0.05) is 6.07 Å². The number of carbonyl (C=O) groups is 1. The Morgan fingerprint density at radius 1 is 1.13 bits per heavy atom. The van der Waals surface area contributed by atoms with E-state index in [0.717, 1.165) is 44.2 Å². The van der Waals surface area contributed by atoms with Gasteiger partial charge in [0.15, 0.2) is 0 Å². The number of aromatic nitrogens is 2. The minimum Gasteiger partial charge on any atom is -0.379 e. The molecule has 1 amide bonds. The fraction of sp³-hybridized carbons (Fsp3) is 0.353. The molecule has 1 fully saturated rings. The van der Waals surface area contributed by atoms with Crippen LogP contribution >= 0.6 is 0 Å². The van der Waals surface area contributed by atoms with E-state index in [1.54, 1.807) is 18.5 Å². The van der Waals surface area contributed by atoms with E-state index in [9.17, 15) is 4.79 Å². The average molecular weight is 312 g/mol. The number of hydrogen-bond donors (Lipinski definition) is 1. The van der Waals surface area contributed by atoms with Crippen molar-refractivity contribution in [3.8, 4) is 11.4 Å². The van der Waals surface area contributed by atoms with Gasteiger partial charge in [0, 0.05) is 38.6 Å². The van der Waals surface area contributed by atoms with Crippen molar-refractivity contribution in [1.82, 2.24) is 20.2 Å². The summed E-state index contributed by atoms with van der Waals surface area (Å²) in [6.07, 6.45) is 3.32. The summed E-state index contributed by atoms with van der Waals surface area (Å²) in [5.41, 5.74) is 2.12. The Hall–Kier alpha value is -2.31. The second-order valence-corrected chi connectivity index (χ2v) is 5.36. The number of rotatable bonds is 5. The number of morpholine rings is 1. The summed E-state index contributed by atoms with van der Waals surface area (Å²) < 4.78 is 5.30. The number of ether oxygens (including phenoxy) is 1. The lowest BCUT2D eigenvalue weighted by atomic mass is 10.2. The normalized spacial score (nSPS) is 15.3. The number of nitrogens with zero attached hydrogens (tertiary/aromatic N) is 3. The fourth-order valence-corrected chi connectivity index (χ4v) is 2.45. The van der Waals surface area contributed by atoms with Gasteiger partial charge < -0.3 is 10.1 Å². The molecule has 1 saturated heterocycles. The molecule has 0 aliphatic carbocycles. The highest BCUT2D eigenvalue weighted by molar-refractivity contribution is 5.94. The molecule has 0 spiro atoms. The molecular formula is C17H20N4O2.